The summed E-state index contributed by atoms with van der Waals surface area (Å²) in [5.41, 5.74) is -3.71. The van der Waals surface area contributed by atoms with Gasteiger partial charge in [0.05, 0.1) is 31.5 Å². The summed E-state index contributed by atoms with van der Waals surface area (Å²) in [6.07, 6.45) is -4.49. The molecule has 3 aromatic rings. The number of carbonyl (C=O) groups excluding carboxylic acids is 1. The normalized spacial score (nSPS) is 12.0. The van der Waals surface area contributed by atoms with E-state index in [0.29, 0.717) is 10.6 Å². The Morgan fingerprint density at radius 1 is 1.21 bits per heavy atom. The van der Waals surface area contributed by atoms with Crippen LogP contribution >= 0.6 is 31.9 Å². The quantitative estimate of drug-likeness (QED) is 0.262. The Morgan fingerprint density at radius 3 is 2.21 bits per heavy atom. The van der Waals surface area contributed by atoms with E-state index in [1.54, 1.807) is 6.92 Å². The van der Waals surface area contributed by atoms with Crippen molar-refractivity contribution in [3.8, 4) is 17.0 Å². The zero-order valence-electron chi connectivity index (χ0n) is 14.6. The Bertz CT molecular complexity index is 1150. The fourth-order valence-corrected chi connectivity index (χ4v) is 4.00. The second kappa shape index (κ2) is 7.31. The SMILES string of the molecule is CCc1nc2ncc(C(F)(F)F)c(-c3c(F)c(Br)c(O)c(Br)c3F)n2c1C(C)=O. The highest BCUT2D eigenvalue weighted by Gasteiger charge is 2.39. The number of ketones is 1. The van der Waals surface area contributed by atoms with Crippen LogP contribution in [0.25, 0.3) is 17.0 Å². The zero-order chi connectivity index (χ0) is 21.8. The van der Waals surface area contributed by atoms with Crippen molar-refractivity contribution in [2.75, 3.05) is 0 Å². The number of phenolic OH excluding ortho intramolecular Hbond substituents is 1. The highest BCUT2D eigenvalue weighted by atomic mass is 79.9. The molecule has 3 rings (SSSR count). The lowest BCUT2D eigenvalue weighted by atomic mass is 10.0. The molecular formula is C17H10Br2F5N3O2. The van der Waals surface area contributed by atoms with Gasteiger partial charge in [0.1, 0.15) is 11.4 Å². The number of hydrogen-bond acceptors (Lipinski definition) is 4. The Kier molecular flexibility index (Phi) is 5.45. The van der Waals surface area contributed by atoms with Crippen molar-refractivity contribution < 1.29 is 31.9 Å². The topological polar surface area (TPSA) is 67.5 Å². The van der Waals surface area contributed by atoms with Crippen molar-refractivity contribution in [3.63, 3.8) is 0 Å². The third-order valence-corrected chi connectivity index (χ3v) is 5.62. The molecule has 0 radical (unpaired) electrons. The van der Waals surface area contributed by atoms with Crippen LogP contribution in [0.5, 0.6) is 5.75 Å². The van der Waals surface area contributed by atoms with E-state index in [0.717, 1.165) is 6.92 Å². The molecule has 2 aromatic heterocycles. The standard InChI is InChI=1S/C17H10Br2F5N3O2/c1-3-7-13(5(2)28)27-14(6(17(22,23)24)4-25-16(27)26-7)8-11(20)9(18)15(29)10(19)12(8)21/h4,29H,3H2,1-2H3. The molecule has 2 heterocycles. The van der Waals surface area contributed by atoms with Crippen LogP contribution in [0.4, 0.5) is 22.0 Å². The molecule has 0 unspecified atom stereocenters. The summed E-state index contributed by atoms with van der Waals surface area (Å²) >= 11 is 5.41. The first kappa shape index (κ1) is 21.6. The number of aromatic hydroxyl groups is 1. The lowest BCUT2D eigenvalue weighted by molar-refractivity contribution is -0.137. The van der Waals surface area contributed by atoms with Gasteiger partial charge in [0.15, 0.2) is 17.4 Å². The number of benzene rings is 1. The molecule has 0 aliphatic rings. The number of alkyl halides is 3. The number of imidazole rings is 1. The minimum atomic E-state index is -5.06. The van der Waals surface area contributed by atoms with Crippen molar-refractivity contribution in [2.24, 2.45) is 0 Å². The Balaban J connectivity index is 2.67. The van der Waals surface area contributed by atoms with Crippen LogP contribution in [0.1, 0.15) is 35.6 Å². The molecule has 0 spiro atoms. The van der Waals surface area contributed by atoms with E-state index in [2.05, 4.69) is 41.8 Å². The molecule has 0 saturated carbocycles. The largest absolute Gasteiger partial charge is 0.505 e. The molecule has 0 aliphatic heterocycles. The van der Waals surface area contributed by atoms with Crippen molar-refractivity contribution in [3.05, 3.63) is 43.7 Å². The number of fused-ring (bicyclic) bond motifs is 1. The molecule has 12 heteroatoms. The summed E-state index contributed by atoms with van der Waals surface area (Å²) in [5, 5.41) is 9.79. The molecule has 0 atom stereocenters. The predicted molar refractivity (Wildman–Crippen MR) is 99.8 cm³/mol. The molecule has 0 fully saturated rings. The van der Waals surface area contributed by atoms with Crippen LogP contribution in [0, 0.1) is 11.6 Å². The maximum atomic E-state index is 14.9. The number of hydrogen-bond donors (Lipinski definition) is 1. The summed E-state index contributed by atoms with van der Waals surface area (Å²) in [5.74, 6) is -4.82. The van der Waals surface area contributed by atoms with Gasteiger partial charge in [0.2, 0.25) is 5.78 Å². The van der Waals surface area contributed by atoms with Crippen LogP contribution in [-0.4, -0.2) is 25.3 Å². The van der Waals surface area contributed by atoms with Crippen LogP contribution < -0.4 is 0 Å². The summed E-state index contributed by atoms with van der Waals surface area (Å²) in [4.78, 5) is 19.8. The first-order valence-electron chi connectivity index (χ1n) is 7.95. The van der Waals surface area contributed by atoms with Crippen molar-refractivity contribution in [1.29, 1.82) is 0 Å². The van der Waals surface area contributed by atoms with Crippen molar-refractivity contribution in [2.45, 2.75) is 26.4 Å². The van der Waals surface area contributed by atoms with Gasteiger partial charge in [-0.05, 0) is 38.3 Å². The number of carbonyl (C=O) groups is 1. The fourth-order valence-electron chi connectivity index (χ4n) is 2.94. The maximum absolute atomic E-state index is 14.9. The number of nitrogens with zero attached hydrogens (tertiary/aromatic N) is 3. The third-order valence-electron chi connectivity index (χ3n) is 4.17. The van der Waals surface area contributed by atoms with Gasteiger partial charge in [-0.3, -0.25) is 9.20 Å². The second-order valence-corrected chi connectivity index (χ2v) is 7.54. The minimum Gasteiger partial charge on any atom is -0.505 e. The van der Waals surface area contributed by atoms with Gasteiger partial charge in [-0.2, -0.15) is 13.2 Å². The molecule has 0 aliphatic carbocycles. The molecule has 1 N–H and O–H groups in total. The average Bonchev–Trinajstić information content (AvgIpc) is 3.03. The van der Waals surface area contributed by atoms with E-state index in [4.69, 9.17) is 0 Å². The smallest absolute Gasteiger partial charge is 0.419 e. The van der Waals surface area contributed by atoms with E-state index in [1.165, 1.54) is 0 Å². The molecule has 0 amide bonds. The van der Waals surface area contributed by atoms with E-state index in [9.17, 15) is 31.9 Å². The number of Topliss-reactive ketones (excluding diaryl/α,β-unsaturated/α-hetero) is 1. The average molecular weight is 543 g/mol. The van der Waals surface area contributed by atoms with Gasteiger partial charge in [-0.1, -0.05) is 6.92 Å². The van der Waals surface area contributed by atoms with Gasteiger partial charge in [0.25, 0.3) is 0 Å². The first-order valence-corrected chi connectivity index (χ1v) is 9.54. The van der Waals surface area contributed by atoms with Gasteiger partial charge in [-0.25, -0.2) is 18.7 Å². The van der Waals surface area contributed by atoms with E-state index in [-0.39, 0.29) is 23.6 Å². The highest BCUT2D eigenvalue weighted by molar-refractivity contribution is 9.11. The predicted octanol–water partition coefficient (Wildman–Crippen LogP) is 5.69. The molecular weight excluding hydrogens is 533 g/mol. The van der Waals surface area contributed by atoms with Crippen LogP contribution in [-0.2, 0) is 12.6 Å². The summed E-state index contributed by atoms with van der Waals surface area (Å²) in [6, 6.07) is 0. The lowest BCUT2D eigenvalue weighted by Gasteiger charge is -2.18. The number of aryl methyl sites for hydroxylation is 1. The van der Waals surface area contributed by atoms with E-state index in [1.807, 2.05) is 0 Å². The monoisotopic (exact) mass is 541 g/mol. The number of aromatic nitrogens is 3. The molecule has 0 bridgehead atoms. The summed E-state index contributed by atoms with van der Waals surface area (Å²) in [6.45, 7) is 2.72. The Hall–Kier alpha value is -2.08. The fraction of sp³-hybridized carbons (Fsp3) is 0.235. The maximum Gasteiger partial charge on any atom is 0.419 e. The van der Waals surface area contributed by atoms with Gasteiger partial charge in [-0.15, -0.1) is 0 Å². The minimum absolute atomic E-state index is 0.128. The third kappa shape index (κ3) is 3.31. The summed E-state index contributed by atoms with van der Waals surface area (Å²) in [7, 11) is 0. The molecule has 154 valence electrons. The molecule has 0 saturated heterocycles. The Labute approximate surface area is 176 Å². The highest BCUT2D eigenvalue weighted by Crippen LogP contribution is 2.46. The summed E-state index contributed by atoms with van der Waals surface area (Å²) < 4.78 is 70.5. The number of rotatable bonds is 3. The lowest BCUT2D eigenvalue weighted by Crippen LogP contribution is -2.15. The number of phenols is 1. The van der Waals surface area contributed by atoms with Gasteiger partial charge >= 0.3 is 6.18 Å². The van der Waals surface area contributed by atoms with Crippen molar-refractivity contribution >= 4 is 43.4 Å². The van der Waals surface area contributed by atoms with Crippen molar-refractivity contribution in [1.82, 2.24) is 14.4 Å². The van der Waals surface area contributed by atoms with Crippen LogP contribution in [0.2, 0.25) is 0 Å². The first-order chi connectivity index (χ1) is 13.4. The molecule has 29 heavy (non-hydrogen) atoms. The number of halogens is 7. The zero-order valence-corrected chi connectivity index (χ0v) is 17.8. The van der Waals surface area contributed by atoms with E-state index < -0.39 is 55.1 Å². The van der Waals surface area contributed by atoms with Gasteiger partial charge < -0.3 is 5.11 Å². The van der Waals surface area contributed by atoms with Crippen LogP contribution in [0.3, 0.4) is 0 Å². The Morgan fingerprint density at radius 2 is 1.76 bits per heavy atom. The molecule has 1 aromatic carbocycles. The van der Waals surface area contributed by atoms with E-state index >= 15 is 0 Å². The van der Waals surface area contributed by atoms with Crippen LogP contribution in [0.15, 0.2) is 15.1 Å². The van der Waals surface area contributed by atoms with Gasteiger partial charge in [0, 0.05) is 13.1 Å². The molecule has 5 nitrogen and oxygen atoms in total. The second-order valence-electron chi connectivity index (χ2n) is 5.95.